The van der Waals surface area contributed by atoms with Crippen LogP contribution in [0.4, 0.5) is 0 Å². The maximum Gasteiger partial charge on any atom is 0.355 e. The first-order valence-corrected chi connectivity index (χ1v) is 10.9. The molecule has 1 unspecified atom stereocenters. The predicted molar refractivity (Wildman–Crippen MR) is 113 cm³/mol. The molecule has 1 heterocycles. The van der Waals surface area contributed by atoms with Crippen molar-refractivity contribution in [1.82, 2.24) is 4.90 Å². The molecule has 1 amide bonds. The van der Waals surface area contributed by atoms with Gasteiger partial charge < -0.3 is 10.5 Å². The summed E-state index contributed by atoms with van der Waals surface area (Å²) in [5, 5.41) is 3.47. The van der Waals surface area contributed by atoms with Crippen LogP contribution in [0.25, 0.3) is 0 Å². The lowest BCUT2D eigenvalue weighted by atomic mass is 9.80. The molecule has 2 aliphatic carbocycles. The fraction of sp³-hybridized carbons (Fsp3) is 0.455. The van der Waals surface area contributed by atoms with Crippen molar-refractivity contribution < 1.29 is 14.3 Å². The molecule has 1 atom stereocenters. The highest BCUT2D eigenvalue weighted by Gasteiger charge is 2.25. The Labute approximate surface area is 171 Å². The minimum atomic E-state index is -0.451. The van der Waals surface area contributed by atoms with Gasteiger partial charge in [-0.25, -0.2) is 4.79 Å². The molecule has 5 nitrogen and oxygen atoms in total. The van der Waals surface area contributed by atoms with Crippen molar-refractivity contribution in [1.29, 1.82) is 0 Å². The normalized spacial score (nSPS) is 21.6. The van der Waals surface area contributed by atoms with Crippen LogP contribution in [0.1, 0.15) is 51.9 Å². The van der Waals surface area contributed by atoms with Gasteiger partial charge in [-0.1, -0.05) is 17.7 Å². The number of allylic oxidation sites excluding steroid dienone is 5. The summed E-state index contributed by atoms with van der Waals surface area (Å²) in [6.07, 6.45) is 14.5. The van der Waals surface area contributed by atoms with Gasteiger partial charge in [-0.3, -0.25) is 9.69 Å². The Morgan fingerprint density at radius 1 is 1.36 bits per heavy atom. The molecule has 0 aromatic carbocycles. The van der Waals surface area contributed by atoms with Crippen molar-refractivity contribution in [2.45, 2.75) is 51.9 Å². The number of rotatable bonds is 6. The molecule has 1 aliphatic heterocycles. The van der Waals surface area contributed by atoms with E-state index in [1.54, 1.807) is 23.9 Å². The Morgan fingerprint density at radius 2 is 2.21 bits per heavy atom. The molecule has 3 aliphatic rings. The number of nitrogens with two attached hydrogens (primary N) is 1. The van der Waals surface area contributed by atoms with E-state index in [9.17, 15) is 9.59 Å². The maximum atomic E-state index is 12.6. The first kappa shape index (κ1) is 20.5. The Morgan fingerprint density at radius 3 is 3.04 bits per heavy atom. The second-order valence-corrected chi connectivity index (χ2v) is 8.06. The highest BCUT2D eigenvalue weighted by atomic mass is 32.2. The van der Waals surface area contributed by atoms with E-state index in [0.717, 1.165) is 37.8 Å². The van der Waals surface area contributed by atoms with Gasteiger partial charge in [0.2, 0.25) is 5.91 Å². The standard InChI is InChI=1S/C22H28N2O3S/c1-2-27-22(26)20-15-28-13-12-24(20)21(25)5-3-4-16-6-7-17-8-10-19(23)11-9-18(17)14-16/h9-13,15-16H,2-8,14,23H2,1H3. The number of hydrogen-bond acceptors (Lipinski definition) is 5. The van der Waals surface area contributed by atoms with Crippen LogP contribution < -0.4 is 5.73 Å². The van der Waals surface area contributed by atoms with Gasteiger partial charge in [0.1, 0.15) is 5.70 Å². The van der Waals surface area contributed by atoms with Crippen LogP contribution >= 0.6 is 11.8 Å². The molecular weight excluding hydrogens is 372 g/mol. The van der Waals surface area contributed by atoms with E-state index >= 15 is 0 Å². The third kappa shape index (κ3) is 5.19. The number of esters is 1. The third-order valence-electron chi connectivity index (χ3n) is 5.36. The Hall–Kier alpha value is -2.21. The summed E-state index contributed by atoms with van der Waals surface area (Å²) in [7, 11) is 0. The molecule has 0 aromatic rings. The van der Waals surface area contributed by atoms with E-state index in [4.69, 9.17) is 10.5 Å². The van der Waals surface area contributed by atoms with Crippen LogP contribution in [0.2, 0.25) is 0 Å². The minimum absolute atomic E-state index is 0.0575. The SMILES string of the molecule is CCOC(=O)C1=CSC=CN1C(=O)CCCC1CCC2=C(C=CC(N)=CC2)C1. The van der Waals surface area contributed by atoms with Crippen LogP contribution in [0.5, 0.6) is 0 Å². The molecule has 0 radical (unpaired) electrons. The Balaban J connectivity index is 1.49. The van der Waals surface area contributed by atoms with Crippen LogP contribution in [0.15, 0.2) is 57.8 Å². The van der Waals surface area contributed by atoms with Crippen LogP contribution in [0, 0.1) is 5.92 Å². The average molecular weight is 401 g/mol. The lowest BCUT2D eigenvalue weighted by Gasteiger charge is -2.26. The minimum Gasteiger partial charge on any atom is -0.461 e. The van der Waals surface area contributed by atoms with E-state index in [0.29, 0.717) is 24.6 Å². The van der Waals surface area contributed by atoms with Crippen molar-refractivity contribution in [3.05, 3.63) is 57.8 Å². The highest BCUT2D eigenvalue weighted by molar-refractivity contribution is 8.05. The first-order chi connectivity index (χ1) is 13.6. The molecule has 28 heavy (non-hydrogen) atoms. The van der Waals surface area contributed by atoms with E-state index in [1.165, 1.54) is 34.2 Å². The molecule has 6 heteroatoms. The second kappa shape index (κ2) is 9.82. The van der Waals surface area contributed by atoms with Crippen LogP contribution in [0.3, 0.4) is 0 Å². The number of carbonyl (C=O) groups is 2. The lowest BCUT2D eigenvalue weighted by molar-refractivity contribution is -0.142. The molecule has 0 aromatic heterocycles. The predicted octanol–water partition coefficient (Wildman–Crippen LogP) is 4.51. The highest BCUT2D eigenvalue weighted by Crippen LogP contribution is 2.36. The van der Waals surface area contributed by atoms with Gasteiger partial charge in [0.05, 0.1) is 6.61 Å². The number of carbonyl (C=O) groups excluding carboxylic acids is 2. The second-order valence-electron chi connectivity index (χ2n) is 7.28. The fourth-order valence-corrected chi connectivity index (χ4v) is 4.45. The maximum absolute atomic E-state index is 12.6. The van der Waals surface area contributed by atoms with Gasteiger partial charge in [-0.15, -0.1) is 11.8 Å². The zero-order valence-corrected chi connectivity index (χ0v) is 17.2. The average Bonchev–Trinajstić information content (AvgIpc) is 2.89. The van der Waals surface area contributed by atoms with Gasteiger partial charge in [-0.2, -0.15) is 0 Å². The molecule has 150 valence electrons. The summed E-state index contributed by atoms with van der Waals surface area (Å²) in [6.45, 7) is 2.05. The zero-order valence-electron chi connectivity index (χ0n) is 16.4. The van der Waals surface area contributed by atoms with Crippen molar-refractivity contribution >= 4 is 23.6 Å². The summed E-state index contributed by atoms with van der Waals surface area (Å²) in [5.74, 6) is 0.0911. The smallest absolute Gasteiger partial charge is 0.355 e. The lowest BCUT2D eigenvalue weighted by Crippen LogP contribution is -2.31. The monoisotopic (exact) mass is 400 g/mol. The number of thioether (sulfide) groups is 1. The van der Waals surface area contributed by atoms with Crippen molar-refractivity contribution in [2.75, 3.05) is 6.61 Å². The van der Waals surface area contributed by atoms with Gasteiger partial charge >= 0.3 is 5.97 Å². The van der Waals surface area contributed by atoms with Crippen LogP contribution in [-0.4, -0.2) is 23.4 Å². The molecular formula is C22H28N2O3S. The molecule has 2 N–H and O–H groups in total. The number of nitrogens with zero attached hydrogens (tertiary/aromatic N) is 1. The van der Waals surface area contributed by atoms with Crippen molar-refractivity contribution in [2.24, 2.45) is 11.7 Å². The summed E-state index contributed by atoms with van der Waals surface area (Å²) < 4.78 is 5.06. The quantitative estimate of drug-likeness (QED) is 0.664. The van der Waals surface area contributed by atoms with E-state index in [1.807, 2.05) is 6.08 Å². The summed E-state index contributed by atoms with van der Waals surface area (Å²) >= 11 is 1.38. The van der Waals surface area contributed by atoms with Gasteiger partial charge in [0.15, 0.2) is 0 Å². The summed E-state index contributed by atoms with van der Waals surface area (Å²) in [4.78, 5) is 26.1. The van der Waals surface area contributed by atoms with Crippen molar-refractivity contribution in [3.63, 3.8) is 0 Å². The Bertz CT molecular complexity index is 777. The van der Waals surface area contributed by atoms with E-state index in [2.05, 4.69) is 12.2 Å². The first-order valence-electron chi connectivity index (χ1n) is 9.94. The van der Waals surface area contributed by atoms with Crippen molar-refractivity contribution in [3.8, 4) is 0 Å². The van der Waals surface area contributed by atoms with E-state index in [-0.39, 0.29) is 5.91 Å². The van der Waals surface area contributed by atoms with Gasteiger partial charge in [0.25, 0.3) is 0 Å². The molecule has 0 bridgehead atoms. The van der Waals surface area contributed by atoms with Crippen LogP contribution in [-0.2, 0) is 14.3 Å². The largest absolute Gasteiger partial charge is 0.461 e. The number of hydrogen-bond donors (Lipinski definition) is 1. The zero-order chi connectivity index (χ0) is 19.9. The molecule has 0 saturated carbocycles. The van der Waals surface area contributed by atoms with E-state index < -0.39 is 5.97 Å². The molecule has 3 rings (SSSR count). The Kier molecular flexibility index (Phi) is 7.20. The summed E-state index contributed by atoms with van der Waals surface area (Å²) in [6, 6.07) is 0. The van der Waals surface area contributed by atoms with Gasteiger partial charge in [-0.05, 0) is 68.4 Å². The topological polar surface area (TPSA) is 72.6 Å². The third-order valence-corrected chi connectivity index (χ3v) is 6.00. The molecule has 0 spiro atoms. The number of amides is 1. The summed E-state index contributed by atoms with van der Waals surface area (Å²) in [5.41, 5.74) is 9.99. The fourth-order valence-electron chi connectivity index (χ4n) is 3.84. The molecule has 0 saturated heterocycles. The molecule has 0 fully saturated rings. The van der Waals surface area contributed by atoms with Gasteiger partial charge in [0, 0.05) is 23.7 Å². The number of ether oxygens (including phenoxy) is 1.